The highest BCUT2D eigenvalue weighted by Gasteiger charge is 2.21. The fourth-order valence-electron chi connectivity index (χ4n) is 8.38. The Morgan fingerprint density at radius 2 is 0.903 bits per heavy atom. The van der Waals surface area contributed by atoms with Crippen LogP contribution >= 0.6 is 11.3 Å². The van der Waals surface area contributed by atoms with Gasteiger partial charge in [-0.3, -0.25) is 0 Å². The molecule has 12 rings (SSSR count). The van der Waals surface area contributed by atoms with Gasteiger partial charge in [-0.25, -0.2) is 24.9 Å². The third kappa shape index (κ3) is 6.22. The molecule has 7 heteroatoms. The summed E-state index contributed by atoms with van der Waals surface area (Å²) >= 11 is 1.74. The molecule has 0 saturated heterocycles. The number of fused-ring (bicyclic) bond motifs is 6. The van der Waals surface area contributed by atoms with Gasteiger partial charge >= 0.3 is 0 Å². The zero-order chi connectivity index (χ0) is 41.0. The zero-order valence-corrected chi connectivity index (χ0v) is 33.9. The molecule has 4 aromatic heterocycles. The number of para-hydroxylation sites is 1. The Morgan fingerprint density at radius 3 is 1.65 bits per heavy atom. The highest BCUT2D eigenvalue weighted by molar-refractivity contribution is 7.26. The summed E-state index contributed by atoms with van der Waals surface area (Å²) in [5.41, 5.74) is 12.5. The van der Waals surface area contributed by atoms with E-state index in [1.54, 1.807) is 11.3 Å². The van der Waals surface area contributed by atoms with E-state index in [-0.39, 0.29) is 0 Å². The molecule has 0 aliphatic heterocycles. The van der Waals surface area contributed by atoms with Crippen LogP contribution in [0.4, 0.5) is 0 Å². The van der Waals surface area contributed by atoms with Crippen molar-refractivity contribution in [2.45, 2.75) is 0 Å². The van der Waals surface area contributed by atoms with Crippen LogP contribution < -0.4 is 0 Å². The van der Waals surface area contributed by atoms with Crippen molar-refractivity contribution in [3.8, 4) is 79.1 Å². The average Bonchev–Trinajstić information content (AvgIpc) is 3.93. The molecule has 8 aromatic carbocycles. The van der Waals surface area contributed by atoms with E-state index in [4.69, 9.17) is 29.3 Å². The molecular formula is C55H33N5OS. The van der Waals surface area contributed by atoms with Gasteiger partial charge in [0, 0.05) is 54.2 Å². The standard InChI is InChI=1S/C55H33N5OS/c1-4-15-34(16-5-1)39-21-12-22-40(33-39)54-56-48(51-49(57-54)42-23-10-11-28-46(42)62-51)36-31-29-35(30-32-36)41-24-13-25-43-47-44(26-14-27-45(47)61-50(41)43)55-59-52(37-17-6-2-7-18-37)58-53(60-55)38-19-8-3-9-20-38/h1-33H. The molecule has 0 fully saturated rings. The normalized spacial score (nSPS) is 11.5. The van der Waals surface area contributed by atoms with Gasteiger partial charge in [-0.2, -0.15) is 0 Å². The van der Waals surface area contributed by atoms with Gasteiger partial charge in [-0.15, -0.1) is 11.3 Å². The molecule has 0 aliphatic rings. The Morgan fingerprint density at radius 1 is 0.355 bits per heavy atom. The lowest BCUT2D eigenvalue weighted by atomic mass is 9.99. The van der Waals surface area contributed by atoms with E-state index in [2.05, 4.69) is 121 Å². The number of aromatic nitrogens is 5. The number of nitrogens with zero attached hydrogens (tertiary/aromatic N) is 5. The van der Waals surface area contributed by atoms with Crippen LogP contribution in [0, 0.1) is 0 Å². The largest absolute Gasteiger partial charge is 0.455 e. The maximum absolute atomic E-state index is 6.75. The molecule has 6 nitrogen and oxygen atoms in total. The number of benzene rings is 8. The molecule has 0 spiro atoms. The summed E-state index contributed by atoms with van der Waals surface area (Å²) in [5.74, 6) is 2.52. The van der Waals surface area contributed by atoms with Crippen molar-refractivity contribution in [3.63, 3.8) is 0 Å². The van der Waals surface area contributed by atoms with Crippen molar-refractivity contribution >= 4 is 53.6 Å². The first-order valence-corrected chi connectivity index (χ1v) is 21.3. The predicted octanol–water partition coefficient (Wildman–Crippen LogP) is 14.6. The fourth-order valence-corrected chi connectivity index (χ4v) is 9.54. The smallest absolute Gasteiger partial charge is 0.164 e. The average molecular weight is 812 g/mol. The van der Waals surface area contributed by atoms with Crippen LogP contribution in [0.25, 0.3) is 121 Å². The lowest BCUT2D eigenvalue weighted by Crippen LogP contribution is -2.00. The van der Waals surface area contributed by atoms with Crippen molar-refractivity contribution in [2.24, 2.45) is 0 Å². The van der Waals surface area contributed by atoms with Gasteiger partial charge < -0.3 is 4.42 Å². The molecule has 0 atom stereocenters. The summed E-state index contributed by atoms with van der Waals surface area (Å²) in [6, 6.07) is 68.6. The zero-order valence-electron chi connectivity index (χ0n) is 33.1. The second-order valence-corrected chi connectivity index (χ2v) is 16.2. The van der Waals surface area contributed by atoms with Gasteiger partial charge in [0.2, 0.25) is 0 Å². The molecule has 0 amide bonds. The van der Waals surface area contributed by atoms with Gasteiger partial charge in [0.25, 0.3) is 0 Å². The van der Waals surface area contributed by atoms with E-state index in [9.17, 15) is 0 Å². The third-order valence-electron chi connectivity index (χ3n) is 11.4. The van der Waals surface area contributed by atoms with Gasteiger partial charge in [0.15, 0.2) is 23.3 Å². The highest BCUT2D eigenvalue weighted by Crippen LogP contribution is 2.43. The molecular weight excluding hydrogens is 779 g/mol. The van der Waals surface area contributed by atoms with Crippen LogP contribution in [0.5, 0.6) is 0 Å². The Bertz CT molecular complexity index is 3560. The molecule has 290 valence electrons. The number of furan rings is 1. The monoisotopic (exact) mass is 811 g/mol. The lowest BCUT2D eigenvalue weighted by molar-refractivity contribution is 0.670. The van der Waals surface area contributed by atoms with E-state index in [0.29, 0.717) is 23.3 Å². The summed E-state index contributed by atoms with van der Waals surface area (Å²) in [6.07, 6.45) is 0. The maximum atomic E-state index is 6.75. The summed E-state index contributed by atoms with van der Waals surface area (Å²) in [4.78, 5) is 25.6. The molecule has 0 radical (unpaired) electrons. The quantitative estimate of drug-likeness (QED) is 0.160. The molecule has 4 heterocycles. The Balaban J connectivity index is 0.972. The van der Waals surface area contributed by atoms with Gasteiger partial charge in [0.05, 0.1) is 15.9 Å². The molecule has 0 bridgehead atoms. The number of rotatable bonds is 7. The van der Waals surface area contributed by atoms with E-state index in [0.717, 1.165) is 93.3 Å². The van der Waals surface area contributed by atoms with E-state index < -0.39 is 0 Å². The highest BCUT2D eigenvalue weighted by atomic mass is 32.1. The first-order chi connectivity index (χ1) is 30.7. The molecule has 12 aromatic rings. The summed E-state index contributed by atoms with van der Waals surface area (Å²) < 4.78 is 9.01. The predicted molar refractivity (Wildman–Crippen MR) is 254 cm³/mol. The minimum Gasteiger partial charge on any atom is -0.455 e. The molecule has 0 N–H and O–H groups in total. The lowest BCUT2D eigenvalue weighted by Gasteiger charge is -2.10. The summed E-state index contributed by atoms with van der Waals surface area (Å²) in [7, 11) is 0. The van der Waals surface area contributed by atoms with Gasteiger partial charge in [-0.1, -0.05) is 182 Å². The van der Waals surface area contributed by atoms with Crippen molar-refractivity contribution in [1.29, 1.82) is 0 Å². The number of thiophene rings is 1. The van der Waals surface area contributed by atoms with Gasteiger partial charge in [0.1, 0.15) is 11.2 Å². The van der Waals surface area contributed by atoms with Crippen molar-refractivity contribution in [2.75, 3.05) is 0 Å². The van der Waals surface area contributed by atoms with Crippen molar-refractivity contribution in [1.82, 2.24) is 24.9 Å². The molecule has 0 aliphatic carbocycles. The van der Waals surface area contributed by atoms with Gasteiger partial charge in [-0.05, 0) is 34.9 Å². The minimum atomic E-state index is 0.587. The molecule has 0 unspecified atom stereocenters. The SMILES string of the molecule is c1ccc(-c2cccc(-c3nc(-c4ccc(-c5cccc6c5oc5cccc(-c7nc(-c8ccccc8)nc(-c8ccccc8)n7)c56)cc4)c4sc5ccccc5c4n3)c2)cc1. The maximum Gasteiger partial charge on any atom is 0.164 e. The van der Waals surface area contributed by atoms with Crippen LogP contribution in [0.2, 0.25) is 0 Å². The van der Waals surface area contributed by atoms with E-state index >= 15 is 0 Å². The van der Waals surface area contributed by atoms with E-state index in [1.165, 1.54) is 4.70 Å². The molecule has 62 heavy (non-hydrogen) atoms. The summed E-state index contributed by atoms with van der Waals surface area (Å²) in [5, 5.41) is 3.08. The summed E-state index contributed by atoms with van der Waals surface area (Å²) in [6.45, 7) is 0. The third-order valence-corrected chi connectivity index (χ3v) is 12.5. The molecule has 0 saturated carbocycles. The van der Waals surface area contributed by atoms with Crippen LogP contribution in [-0.4, -0.2) is 24.9 Å². The van der Waals surface area contributed by atoms with Crippen LogP contribution in [0.3, 0.4) is 0 Å². The number of hydrogen-bond acceptors (Lipinski definition) is 7. The van der Waals surface area contributed by atoms with Crippen molar-refractivity contribution in [3.05, 3.63) is 200 Å². The topological polar surface area (TPSA) is 77.6 Å². The Labute approximate surface area is 360 Å². The second-order valence-electron chi connectivity index (χ2n) is 15.2. The Hall–Kier alpha value is -8.13. The first kappa shape index (κ1) is 35.8. The fraction of sp³-hybridized carbons (Fsp3) is 0. The first-order valence-electron chi connectivity index (χ1n) is 20.5. The Kier molecular flexibility index (Phi) is 8.57. The van der Waals surface area contributed by atoms with E-state index in [1.807, 2.05) is 78.9 Å². The minimum absolute atomic E-state index is 0.587. The van der Waals surface area contributed by atoms with Crippen LogP contribution in [0.15, 0.2) is 205 Å². The number of hydrogen-bond donors (Lipinski definition) is 0. The van der Waals surface area contributed by atoms with Crippen LogP contribution in [-0.2, 0) is 0 Å². The second kappa shape index (κ2) is 14.9. The van der Waals surface area contributed by atoms with Crippen LogP contribution in [0.1, 0.15) is 0 Å². The van der Waals surface area contributed by atoms with Crippen molar-refractivity contribution < 1.29 is 4.42 Å².